The smallest absolute Gasteiger partial charge is 0.255 e. The third-order valence-electron chi connectivity index (χ3n) is 3.41. The molecular formula is C18H20ClNO3. The minimum atomic E-state index is -0.248. The molecule has 1 N–H and O–H groups in total. The van der Waals surface area contributed by atoms with Crippen molar-refractivity contribution in [2.75, 3.05) is 19.0 Å². The Morgan fingerprint density at radius 2 is 1.96 bits per heavy atom. The molecule has 0 radical (unpaired) electrons. The maximum atomic E-state index is 12.5. The van der Waals surface area contributed by atoms with Crippen LogP contribution >= 0.6 is 11.6 Å². The maximum Gasteiger partial charge on any atom is 0.255 e. The van der Waals surface area contributed by atoms with Gasteiger partial charge >= 0.3 is 0 Å². The quantitative estimate of drug-likeness (QED) is 0.868. The van der Waals surface area contributed by atoms with Crippen LogP contribution in [0.2, 0.25) is 5.02 Å². The van der Waals surface area contributed by atoms with Crippen molar-refractivity contribution in [2.24, 2.45) is 0 Å². The van der Waals surface area contributed by atoms with Crippen LogP contribution in [0.5, 0.6) is 11.5 Å². The second kappa shape index (κ2) is 7.38. The Morgan fingerprint density at radius 1 is 1.22 bits per heavy atom. The van der Waals surface area contributed by atoms with Gasteiger partial charge in [-0.25, -0.2) is 0 Å². The van der Waals surface area contributed by atoms with Crippen LogP contribution in [0.3, 0.4) is 0 Å². The molecule has 0 aliphatic carbocycles. The Balaban J connectivity index is 2.32. The number of anilines is 1. The standard InChI is InChI=1S/C18H20ClNO3/c1-5-23-16-10-13(9-14(19)17(16)22-4)18(21)20-15-7-6-11(2)8-12(15)3/h6-10H,5H2,1-4H3,(H,20,21). The number of methoxy groups -OCH3 is 1. The van der Waals surface area contributed by atoms with Gasteiger partial charge in [0.15, 0.2) is 11.5 Å². The molecule has 0 heterocycles. The number of hydrogen-bond donors (Lipinski definition) is 1. The van der Waals surface area contributed by atoms with Gasteiger partial charge in [-0.1, -0.05) is 29.3 Å². The summed E-state index contributed by atoms with van der Waals surface area (Å²) in [4.78, 5) is 12.5. The SMILES string of the molecule is CCOc1cc(C(=O)Nc2ccc(C)cc2C)cc(Cl)c1OC. The number of carbonyl (C=O) groups excluding carboxylic acids is 1. The van der Waals surface area contributed by atoms with E-state index in [0.717, 1.165) is 16.8 Å². The van der Waals surface area contributed by atoms with Crippen LogP contribution in [0.1, 0.15) is 28.4 Å². The molecule has 2 aromatic carbocycles. The van der Waals surface area contributed by atoms with Crippen LogP contribution in [0.4, 0.5) is 5.69 Å². The predicted octanol–water partition coefficient (Wildman–Crippen LogP) is 4.62. The Hall–Kier alpha value is -2.20. The summed E-state index contributed by atoms with van der Waals surface area (Å²) in [7, 11) is 1.51. The van der Waals surface area contributed by atoms with Gasteiger partial charge in [-0.2, -0.15) is 0 Å². The number of rotatable bonds is 5. The van der Waals surface area contributed by atoms with E-state index in [0.29, 0.717) is 28.7 Å². The van der Waals surface area contributed by atoms with Crippen LogP contribution in [-0.2, 0) is 0 Å². The predicted molar refractivity (Wildman–Crippen MR) is 93.0 cm³/mol. The fourth-order valence-electron chi connectivity index (χ4n) is 2.31. The first kappa shape index (κ1) is 17.2. The number of carbonyl (C=O) groups is 1. The zero-order valence-corrected chi connectivity index (χ0v) is 14.5. The molecule has 0 bridgehead atoms. The summed E-state index contributed by atoms with van der Waals surface area (Å²) in [6.45, 7) is 6.27. The van der Waals surface area contributed by atoms with Gasteiger partial charge in [-0.3, -0.25) is 4.79 Å². The van der Waals surface area contributed by atoms with Crippen molar-refractivity contribution >= 4 is 23.2 Å². The van der Waals surface area contributed by atoms with Crippen molar-refractivity contribution in [3.8, 4) is 11.5 Å². The summed E-state index contributed by atoms with van der Waals surface area (Å²) in [5.41, 5.74) is 3.33. The van der Waals surface area contributed by atoms with Crippen molar-refractivity contribution in [1.82, 2.24) is 0 Å². The van der Waals surface area contributed by atoms with Crippen LogP contribution in [0.15, 0.2) is 30.3 Å². The molecule has 0 aromatic heterocycles. The molecule has 0 aliphatic rings. The van der Waals surface area contributed by atoms with E-state index in [1.165, 1.54) is 7.11 Å². The number of hydrogen-bond acceptors (Lipinski definition) is 3. The molecule has 2 aromatic rings. The normalized spacial score (nSPS) is 10.3. The molecule has 4 nitrogen and oxygen atoms in total. The number of ether oxygens (including phenoxy) is 2. The van der Waals surface area contributed by atoms with E-state index < -0.39 is 0 Å². The highest BCUT2D eigenvalue weighted by molar-refractivity contribution is 6.32. The van der Waals surface area contributed by atoms with Crippen molar-refractivity contribution in [2.45, 2.75) is 20.8 Å². The van der Waals surface area contributed by atoms with Gasteiger partial charge in [-0.15, -0.1) is 0 Å². The molecule has 0 aliphatic heterocycles. The fraction of sp³-hybridized carbons (Fsp3) is 0.278. The van der Waals surface area contributed by atoms with E-state index in [9.17, 15) is 4.79 Å². The number of halogens is 1. The highest BCUT2D eigenvalue weighted by atomic mass is 35.5. The van der Waals surface area contributed by atoms with Crippen LogP contribution in [0.25, 0.3) is 0 Å². The van der Waals surface area contributed by atoms with Crippen LogP contribution in [-0.4, -0.2) is 19.6 Å². The summed E-state index contributed by atoms with van der Waals surface area (Å²) in [6.07, 6.45) is 0. The molecular weight excluding hydrogens is 314 g/mol. The molecule has 0 atom stereocenters. The zero-order chi connectivity index (χ0) is 17.0. The van der Waals surface area contributed by atoms with E-state index in [1.807, 2.05) is 39.0 Å². The van der Waals surface area contributed by atoms with Gasteiger partial charge < -0.3 is 14.8 Å². The van der Waals surface area contributed by atoms with Gasteiger partial charge in [0.2, 0.25) is 0 Å². The number of aryl methyl sites for hydroxylation is 2. The van der Waals surface area contributed by atoms with Crippen LogP contribution in [0, 0.1) is 13.8 Å². The Kier molecular flexibility index (Phi) is 5.50. The molecule has 0 saturated carbocycles. The Morgan fingerprint density at radius 3 is 2.57 bits per heavy atom. The Bertz CT molecular complexity index is 728. The molecule has 5 heteroatoms. The summed E-state index contributed by atoms with van der Waals surface area (Å²) in [5.74, 6) is 0.632. The fourth-order valence-corrected chi connectivity index (χ4v) is 2.60. The first-order valence-electron chi connectivity index (χ1n) is 7.35. The average molecular weight is 334 g/mol. The van der Waals surface area contributed by atoms with Gasteiger partial charge in [-0.05, 0) is 44.5 Å². The molecule has 0 spiro atoms. The maximum absolute atomic E-state index is 12.5. The van der Waals surface area contributed by atoms with Gasteiger partial charge in [0.1, 0.15) is 0 Å². The summed E-state index contributed by atoms with van der Waals surface area (Å²) >= 11 is 6.18. The zero-order valence-electron chi connectivity index (χ0n) is 13.7. The highest BCUT2D eigenvalue weighted by Gasteiger charge is 2.16. The lowest BCUT2D eigenvalue weighted by molar-refractivity contribution is 0.102. The first-order chi connectivity index (χ1) is 11.0. The lowest BCUT2D eigenvalue weighted by atomic mass is 10.1. The second-order valence-electron chi connectivity index (χ2n) is 5.19. The lowest BCUT2D eigenvalue weighted by Gasteiger charge is -2.14. The van der Waals surface area contributed by atoms with Crippen molar-refractivity contribution in [3.05, 3.63) is 52.0 Å². The monoisotopic (exact) mass is 333 g/mol. The van der Waals surface area contributed by atoms with Crippen molar-refractivity contribution in [1.29, 1.82) is 0 Å². The van der Waals surface area contributed by atoms with Gasteiger partial charge in [0.25, 0.3) is 5.91 Å². The average Bonchev–Trinajstić information content (AvgIpc) is 2.50. The van der Waals surface area contributed by atoms with Gasteiger partial charge in [0.05, 0.1) is 18.7 Å². The minimum Gasteiger partial charge on any atom is -0.491 e. The molecule has 0 saturated heterocycles. The van der Waals surface area contributed by atoms with E-state index in [-0.39, 0.29) is 5.91 Å². The van der Waals surface area contributed by atoms with E-state index in [1.54, 1.807) is 12.1 Å². The summed E-state index contributed by atoms with van der Waals surface area (Å²) in [5, 5.41) is 3.23. The molecule has 1 amide bonds. The third kappa shape index (κ3) is 3.96. The van der Waals surface area contributed by atoms with E-state index >= 15 is 0 Å². The van der Waals surface area contributed by atoms with Crippen molar-refractivity contribution < 1.29 is 14.3 Å². The Labute approximate surface area is 141 Å². The number of benzene rings is 2. The second-order valence-corrected chi connectivity index (χ2v) is 5.60. The molecule has 122 valence electrons. The van der Waals surface area contributed by atoms with Gasteiger partial charge in [0, 0.05) is 11.3 Å². The largest absolute Gasteiger partial charge is 0.491 e. The molecule has 23 heavy (non-hydrogen) atoms. The van der Waals surface area contributed by atoms with E-state index in [4.69, 9.17) is 21.1 Å². The minimum absolute atomic E-state index is 0.248. The third-order valence-corrected chi connectivity index (χ3v) is 3.69. The van der Waals surface area contributed by atoms with E-state index in [2.05, 4.69) is 5.32 Å². The van der Waals surface area contributed by atoms with Crippen molar-refractivity contribution in [3.63, 3.8) is 0 Å². The summed E-state index contributed by atoms with van der Waals surface area (Å²) in [6, 6.07) is 9.06. The topological polar surface area (TPSA) is 47.6 Å². The molecule has 2 rings (SSSR count). The van der Waals surface area contributed by atoms with Crippen LogP contribution < -0.4 is 14.8 Å². The molecule has 0 unspecified atom stereocenters. The highest BCUT2D eigenvalue weighted by Crippen LogP contribution is 2.36. The lowest BCUT2D eigenvalue weighted by Crippen LogP contribution is -2.13. The first-order valence-corrected chi connectivity index (χ1v) is 7.73. The number of amides is 1. The summed E-state index contributed by atoms with van der Waals surface area (Å²) < 4.78 is 10.7. The molecule has 0 fully saturated rings. The number of nitrogens with one attached hydrogen (secondary N) is 1.